The highest BCUT2D eigenvalue weighted by Gasteiger charge is 2.07. The van der Waals surface area contributed by atoms with E-state index >= 15 is 0 Å². The number of hydrogen-bond donors (Lipinski definition) is 0. The van der Waals surface area contributed by atoms with Crippen molar-refractivity contribution in [1.82, 2.24) is 0 Å². The Bertz CT molecular complexity index is 666. The molecule has 0 heterocycles. The summed E-state index contributed by atoms with van der Waals surface area (Å²) < 4.78 is 11.4. The van der Waals surface area contributed by atoms with Crippen LogP contribution in [0, 0.1) is 3.57 Å². The summed E-state index contributed by atoms with van der Waals surface area (Å²) in [7, 11) is 1.53. The van der Waals surface area contributed by atoms with Gasteiger partial charge in [-0.15, -0.1) is 0 Å². The normalized spacial score (nSPS) is 10.6. The fraction of sp³-hybridized carbons (Fsp3) is 0.125. The summed E-state index contributed by atoms with van der Waals surface area (Å²) in [5.74, 6) is 0.516. The maximum absolute atomic E-state index is 11.0. The van der Waals surface area contributed by atoms with Crippen LogP contribution in [0.2, 0.25) is 0 Å². The summed E-state index contributed by atoms with van der Waals surface area (Å²) in [5, 5.41) is 0. The number of carbonyl (C=O) groups excluding carboxylic acids is 1. The lowest BCUT2D eigenvalue weighted by atomic mass is 10.2. The quantitative estimate of drug-likeness (QED) is 0.341. The fourth-order valence-corrected chi connectivity index (χ4v) is 2.04. The van der Waals surface area contributed by atoms with Gasteiger partial charge in [0.25, 0.3) is 0 Å². The average molecular weight is 395 g/mol. The molecule has 0 spiro atoms. The number of aliphatic imine (C=N–C) groups is 1. The molecule has 0 radical (unpaired) electrons. The minimum atomic E-state index is -0.381. The van der Waals surface area contributed by atoms with E-state index < -0.39 is 0 Å². The fourth-order valence-electron chi connectivity index (χ4n) is 1.68. The first kappa shape index (κ1) is 15.5. The number of rotatable bonds is 4. The van der Waals surface area contributed by atoms with E-state index in [1.165, 1.54) is 17.6 Å². The van der Waals surface area contributed by atoms with Crippen LogP contribution in [0.3, 0.4) is 0 Å². The van der Waals surface area contributed by atoms with Crippen molar-refractivity contribution < 1.29 is 14.3 Å². The molecule has 108 valence electrons. The van der Waals surface area contributed by atoms with Gasteiger partial charge in [0.2, 0.25) is 0 Å². The predicted molar refractivity (Wildman–Crippen MR) is 90.7 cm³/mol. The van der Waals surface area contributed by atoms with Gasteiger partial charge in [0, 0.05) is 16.7 Å². The van der Waals surface area contributed by atoms with Crippen molar-refractivity contribution in [2.75, 3.05) is 7.11 Å². The Morgan fingerprint density at radius 1 is 1.14 bits per heavy atom. The summed E-state index contributed by atoms with van der Waals surface area (Å²) in [6, 6.07) is 13.2. The number of methoxy groups -OCH3 is 1. The maximum Gasteiger partial charge on any atom is 0.308 e. The Labute approximate surface area is 136 Å². The number of ether oxygens (including phenoxy) is 2. The van der Waals surface area contributed by atoms with Crippen molar-refractivity contribution in [3.63, 3.8) is 0 Å². The zero-order chi connectivity index (χ0) is 15.2. The minimum Gasteiger partial charge on any atom is -0.493 e. The maximum atomic E-state index is 11.0. The van der Waals surface area contributed by atoms with Gasteiger partial charge in [0.1, 0.15) is 0 Å². The van der Waals surface area contributed by atoms with Crippen LogP contribution in [-0.4, -0.2) is 19.3 Å². The van der Waals surface area contributed by atoms with Crippen molar-refractivity contribution in [3.8, 4) is 11.5 Å². The van der Waals surface area contributed by atoms with Gasteiger partial charge in [-0.3, -0.25) is 9.79 Å². The van der Waals surface area contributed by atoms with Crippen LogP contribution >= 0.6 is 22.6 Å². The van der Waals surface area contributed by atoms with Crippen molar-refractivity contribution >= 4 is 40.5 Å². The van der Waals surface area contributed by atoms with E-state index in [9.17, 15) is 4.79 Å². The number of halogens is 1. The zero-order valence-corrected chi connectivity index (χ0v) is 13.8. The van der Waals surface area contributed by atoms with Gasteiger partial charge in [0.05, 0.1) is 12.8 Å². The summed E-state index contributed by atoms with van der Waals surface area (Å²) >= 11 is 2.25. The molecule has 0 aliphatic heterocycles. The average Bonchev–Trinajstić information content (AvgIpc) is 2.47. The van der Waals surface area contributed by atoms with Crippen LogP contribution in [0.15, 0.2) is 47.5 Å². The second-order valence-corrected chi connectivity index (χ2v) is 5.48. The van der Waals surface area contributed by atoms with E-state index in [0.29, 0.717) is 11.5 Å². The highest BCUT2D eigenvalue weighted by atomic mass is 127. The van der Waals surface area contributed by atoms with Gasteiger partial charge < -0.3 is 9.47 Å². The molecule has 0 aliphatic rings. The molecule has 0 aliphatic carbocycles. The number of esters is 1. The topological polar surface area (TPSA) is 47.9 Å². The molecular weight excluding hydrogens is 381 g/mol. The lowest BCUT2D eigenvalue weighted by molar-refractivity contribution is -0.132. The summed E-state index contributed by atoms with van der Waals surface area (Å²) in [6.07, 6.45) is 1.74. The largest absolute Gasteiger partial charge is 0.493 e. The van der Waals surface area contributed by atoms with Gasteiger partial charge in [0.15, 0.2) is 11.5 Å². The molecule has 0 fully saturated rings. The van der Waals surface area contributed by atoms with Gasteiger partial charge in [-0.25, -0.2) is 0 Å². The van der Waals surface area contributed by atoms with E-state index in [1.807, 2.05) is 30.3 Å². The molecule has 0 unspecified atom stereocenters. The summed E-state index contributed by atoms with van der Waals surface area (Å²) in [6.45, 7) is 1.35. The molecule has 2 aromatic rings. The van der Waals surface area contributed by atoms with Gasteiger partial charge >= 0.3 is 5.97 Å². The van der Waals surface area contributed by atoms with Crippen LogP contribution in [0.5, 0.6) is 11.5 Å². The molecule has 4 nitrogen and oxygen atoms in total. The lowest BCUT2D eigenvalue weighted by Crippen LogP contribution is -2.03. The Kier molecular flexibility index (Phi) is 5.32. The Hall–Kier alpha value is -1.89. The molecule has 0 atom stereocenters. The van der Waals surface area contributed by atoms with Crippen LogP contribution in [0.4, 0.5) is 5.69 Å². The third-order valence-electron chi connectivity index (χ3n) is 2.63. The second-order valence-electron chi connectivity index (χ2n) is 4.24. The molecule has 0 amide bonds. The Balaban J connectivity index is 2.20. The third-order valence-corrected chi connectivity index (χ3v) is 3.35. The molecule has 2 aromatic carbocycles. The van der Waals surface area contributed by atoms with E-state index in [-0.39, 0.29) is 5.97 Å². The summed E-state index contributed by atoms with van der Waals surface area (Å²) in [5.41, 5.74) is 1.74. The highest BCUT2D eigenvalue weighted by molar-refractivity contribution is 14.1. The van der Waals surface area contributed by atoms with Gasteiger partial charge in [-0.1, -0.05) is 0 Å². The van der Waals surface area contributed by atoms with Gasteiger partial charge in [-0.05, 0) is 70.6 Å². The predicted octanol–water partition coefficient (Wildman–Crippen LogP) is 3.98. The molecule has 0 saturated heterocycles. The van der Waals surface area contributed by atoms with Crippen LogP contribution < -0.4 is 9.47 Å². The first-order chi connectivity index (χ1) is 10.1. The van der Waals surface area contributed by atoms with E-state index in [4.69, 9.17) is 9.47 Å². The third kappa shape index (κ3) is 4.56. The molecule has 0 aromatic heterocycles. The first-order valence-electron chi connectivity index (χ1n) is 6.24. The monoisotopic (exact) mass is 395 g/mol. The van der Waals surface area contributed by atoms with Gasteiger partial charge in [-0.2, -0.15) is 0 Å². The molecule has 0 saturated carbocycles. The van der Waals surface area contributed by atoms with E-state index in [2.05, 4.69) is 27.6 Å². The standard InChI is InChI=1S/C16H14INO3/c1-11(19)21-15-8-3-12(9-16(15)20-2)10-18-14-6-4-13(17)5-7-14/h3-10H,1-2H3. The van der Waals surface area contributed by atoms with Crippen molar-refractivity contribution in [2.45, 2.75) is 6.92 Å². The number of benzene rings is 2. The summed E-state index contributed by atoms with van der Waals surface area (Å²) in [4.78, 5) is 15.4. The Morgan fingerprint density at radius 2 is 1.86 bits per heavy atom. The molecule has 0 N–H and O–H groups in total. The van der Waals surface area contributed by atoms with E-state index in [1.54, 1.807) is 18.3 Å². The Morgan fingerprint density at radius 3 is 2.48 bits per heavy atom. The van der Waals surface area contributed by atoms with E-state index in [0.717, 1.165) is 11.3 Å². The SMILES string of the molecule is COc1cc(C=Nc2ccc(I)cc2)ccc1OC(C)=O. The molecule has 5 heteroatoms. The molecule has 0 bridgehead atoms. The smallest absolute Gasteiger partial charge is 0.308 e. The second kappa shape index (κ2) is 7.21. The molecule has 2 rings (SSSR count). The van der Waals surface area contributed by atoms with Crippen LogP contribution in [0.1, 0.15) is 12.5 Å². The number of carbonyl (C=O) groups is 1. The molecular formula is C16H14INO3. The van der Waals surface area contributed by atoms with Crippen molar-refractivity contribution in [2.24, 2.45) is 4.99 Å². The van der Waals surface area contributed by atoms with Crippen LogP contribution in [-0.2, 0) is 4.79 Å². The van der Waals surface area contributed by atoms with Crippen molar-refractivity contribution in [3.05, 3.63) is 51.6 Å². The van der Waals surface area contributed by atoms with Crippen molar-refractivity contribution in [1.29, 1.82) is 0 Å². The highest BCUT2D eigenvalue weighted by Crippen LogP contribution is 2.28. The lowest BCUT2D eigenvalue weighted by Gasteiger charge is -2.08. The number of hydrogen-bond acceptors (Lipinski definition) is 4. The number of nitrogens with zero attached hydrogens (tertiary/aromatic N) is 1. The minimum absolute atomic E-state index is 0.381. The molecule has 21 heavy (non-hydrogen) atoms. The van der Waals surface area contributed by atoms with Crippen LogP contribution in [0.25, 0.3) is 0 Å². The zero-order valence-electron chi connectivity index (χ0n) is 11.7. The first-order valence-corrected chi connectivity index (χ1v) is 7.32.